The zero-order chi connectivity index (χ0) is 54.7. The standard InChI is InChI=1S/C75H44N8S/c1-3-19-46(20-4-1)80-60-29-13-7-23-49(60)56-43-68-58(41-66(56)80)51-25-9-15-31-62(51)82(68)74-76-73(45-35-37-48(38-36-45)79-64-33-17-11-28-55(64)71-65(79)40-39-54-53-27-12-18-34-70(53)84-72(54)71)77-75(78-74)83-63-32-16-10-26-52(63)59-42-67-57(44-69(59)83)50-24-8-14-30-61(50)81(67)47-21-5-2-6-22-47/h1-44H. The third kappa shape index (κ3) is 6.33. The molecular weight excluding hydrogens is 1040 g/mol. The lowest BCUT2D eigenvalue weighted by molar-refractivity contribution is 0.893. The summed E-state index contributed by atoms with van der Waals surface area (Å²) in [6.07, 6.45) is 0. The van der Waals surface area contributed by atoms with Crippen molar-refractivity contribution in [2.75, 3.05) is 0 Å². The topological polar surface area (TPSA) is 63.3 Å². The highest BCUT2D eigenvalue weighted by Crippen LogP contribution is 2.45. The molecule has 9 heteroatoms. The lowest BCUT2D eigenvalue weighted by Gasteiger charge is -2.13. The molecule has 0 aliphatic heterocycles. The quantitative estimate of drug-likeness (QED) is 0.167. The van der Waals surface area contributed by atoms with Crippen molar-refractivity contribution in [3.63, 3.8) is 0 Å². The van der Waals surface area contributed by atoms with E-state index in [0.717, 1.165) is 105 Å². The SMILES string of the molecule is c1ccc(-n2c3ccccc3c3cc4c(cc32)c2ccccc2n4-c2nc(-c3ccc(-n4c5ccccc5c5c6sc7ccccc7c6ccc54)cc3)nc(-n3c4ccccc4c4cc5c(cc43)c3ccccc3n5-c3ccccc3)n2)cc1. The molecule has 0 spiro atoms. The van der Waals surface area contributed by atoms with Gasteiger partial charge in [-0.3, -0.25) is 9.13 Å². The number of fused-ring (bicyclic) bond motifs is 19. The first-order chi connectivity index (χ1) is 41.7. The summed E-state index contributed by atoms with van der Waals surface area (Å²) in [7, 11) is 0. The van der Waals surface area contributed by atoms with E-state index in [4.69, 9.17) is 15.0 Å². The van der Waals surface area contributed by atoms with Crippen LogP contribution >= 0.6 is 11.3 Å². The van der Waals surface area contributed by atoms with Crippen LogP contribution in [0.2, 0.25) is 0 Å². The number of rotatable bonds is 6. The van der Waals surface area contributed by atoms with Gasteiger partial charge in [0.25, 0.3) is 0 Å². The first kappa shape index (κ1) is 45.6. The molecular formula is C75H44N8S. The summed E-state index contributed by atoms with van der Waals surface area (Å²) in [6.45, 7) is 0. The van der Waals surface area contributed by atoms with Gasteiger partial charge in [0.1, 0.15) is 0 Å². The van der Waals surface area contributed by atoms with Gasteiger partial charge in [0, 0.05) is 96.7 Å². The monoisotopic (exact) mass is 1090 g/mol. The van der Waals surface area contributed by atoms with Crippen LogP contribution in [0.1, 0.15) is 0 Å². The van der Waals surface area contributed by atoms with Gasteiger partial charge in [0.15, 0.2) is 5.82 Å². The maximum Gasteiger partial charge on any atom is 0.240 e. The minimum absolute atomic E-state index is 0.527. The van der Waals surface area contributed by atoms with Gasteiger partial charge in [-0.2, -0.15) is 15.0 Å². The average molecular weight is 1090 g/mol. The highest BCUT2D eigenvalue weighted by Gasteiger charge is 2.25. The molecule has 19 rings (SSSR count). The van der Waals surface area contributed by atoms with Crippen molar-refractivity contribution in [3.05, 3.63) is 267 Å². The second-order valence-corrected chi connectivity index (χ2v) is 23.0. The Balaban J connectivity index is 0.877. The van der Waals surface area contributed by atoms with Crippen LogP contribution < -0.4 is 0 Å². The predicted molar refractivity (Wildman–Crippen MR) is 350 cm³/mol. The Morgan fingerprint density at radius 2 is 0.607 bits per heavy atom. The van der Waals surface area contributed by atoms with E-state index in [0.29, 0.717) is 17.7 Å². The fourth-order valence-corrected chi connectivity index (χ4v) is 15.2. The summed E-state index contributed by atoms with van der Waals surface area (Å²) in [6, 6.07) is 96.5. The molecule has 0 amide bonds. The lowest BCUT2D eigenvalue weighted by Crippen LogP contribution is -2.10. The molecule has 0 aliphatic rings. The van der Waals surface area contributed by atoms with Crippen LogP contribution in [0.15, 0.2) is 267 Å². The Bertz CT molecular complexity index is 5730. The van der Waals surface area contributed by atoms with Crippen LogP contribution in [0.5, 0.6) is 0 Å². The maximum absolute atomic E-state index is 5.69. The Morgan fingerprint density at radius 3 is 1.10 bits per heavy atom. The third-order valence-corrected chi connectivity index (χ3v) is 18.7. The van der Waals surface area contributed by atoms with Crippen molar-refractivity contribution < 1.29 is 0 Å². The molecule has 0 fully saturated rings. The van der Waals surface area contributed by atoms with Crippen molar-refractivity contribution in [1.82, 2.24) is 37.8 Å². The molecule has 19 aromatic rings. The highest BCUT2D eigenvalue weighted by molar-refractivity contribution is 7.26. The number of aromatic nitrogens is 8. The van der Waals surface area contributed by atoms with E-state index in [1.165, 1.54) is 47.2 Å². The second kappa shape index (κ2) is 17.2. The van der Waals surface area contributed by atoms with E-state index in [9.17, 15) is 0 Å². The first-order valence-corrected chi connectivity index (χ1v) is 29.2. The van der Waals surface area contributed by atoms with E-state index in [1.54, 1.807) is 0 Å². The van der Waals surface area contributed by atoms with Gasteiger partial charge in [0.05, 0.1) is 55.2 Å². The molecule has 0 aliphatic carbocycles. The normalized spacial score (nSPS) is 12.3. The molecule has 0 N–H and O–H groups in total. The van der Waals surface area contributed by atoms with Crippen molar-refractivity contribution in [3.8, 4) is 40.3 Å². The summed E-state index contributed by atoms with van der Waals surface area (Å²) in [5.74, 6) is 1.62. The van der Waals surface area contributed by atoms with E-state index in [1.807, 2.05) is 11.3 Å². The fraction of sp³-hybridized carbons (Fsp3) is 0. The molecule has 7 heterocycles. The molecule has 8 nitrogen and oxygen atoms in total. The number of benzene rings is 12. The van der Waals surface area contributed by atoms with Crippen LogP contribution in [-0.2, 0) is 0 Å². The minimum Gasteiger partial charge on any atom is -0.309 e. The van der Waals surface area contributed by atoms with E-state index < -0.39 is 0 Å². The molecule has 12 aromatic carbocycles. The Hall–Kier alpha value is -11.1. The van der Waals surface area contributed by atoms with Crippen molar-refractivity contribution in [2.24, 2.45) is 0 Å². The summed E-state index contributed by atoms with van der Waals surface area (Å²) in [5.41, 5.74) is 15.1. The zero-order valence-corrected chi connectivity index (χ0v) is 45.7. The summed E-state index contributed by atoms with van der Waals surface area (Å²) in [4.78, 5) is 16.9. The van der Waals surface area contributed by atoms with E-state index in [2.05, 4.69) is 290 Å². The van der Waals surface area contributed by atoms with Crippen molar-refractivity contribution in [1.29, 1.82) is 0 Å². The zero-order valence-electron chi connectivity index (χ0n) is 44.9. The van der Waals surface area contributed by atoms with E-state index >= 15 is 0 Å². The molecule has 0 radical (unpaired) electrons. The average Bonchev–Trinajstić information content (AvgIpc) is 1.88. The Morgan fingerprint density at radius 1 is 0.238 bits per heavy atom. The highest BCUT2D eigenvalue weighted by atomic mass is 32.1. The fourth-order valence-electron chi connectivity index (χ4n) is 14.0. The van der Waals surface area contributed by atoms with Crippen LogP contribution in [0.3, 0.4) is 0 Å². The Kier molecular flexibility index (Phi) is 9.33. The maximum atomic E-state index is 5.69. The number of hydrogen-bond acceptors (Lipinski definition) is 4. The molecule has 84 heavy (non-hydrogen) atoms. The van der Waals surface area contributed by atoms with Crippen molar-refractivity contribution in [2.45, 2.75) is 0 Å². The summed E-state index contributed by atoms with van der Waals surface area (Å²) < 4.78 is 14.3. The molecule has 0 saturated carbocycles. The van der Waals surface area contributed by atoms with Crippen LogP contribution in [0, 0.1) is 0 Å². The van der Waals surface area contributed by atoms with E-state index in [-0.39, 0.29) is 0 Å². The number of hydrogen-bond donors (Lipinski definition) is 0. The largest absolute Gasteiger partial charge is 0.309 e. The number of nitrogens with zero attached hydrogens (tertiary/aromatic N) is 8. The van der Waals surface area contributed by atoms with Gasteiger partial charge in [0.2, 0.25) is 11.9 Å². The first-order valence-electron chi connectivity index (χ1n) is 28.4. The number of thiophene rings is 1. The van der Waals surface area contributed by atoms with Gasteiger partial charge in [-0.15, -0.1) is 11.3 Å². The predicted octanol–water partition coefficient (Wildman–Crippen LogP) is 19.4. The molecule has 390 valence electrons. The van der Waals surface area contributed by atoms with Crippen LogP contribution in [-0.4, -0.2) is 37.8 Å². The number of para-hydroxylation sites is 7. The third-order valence-electron chi connectivity index (χ3n) is 17.5. The van der Waals surface area contributed by atoms with Gasteiger partial charge in [-0.25, -0.2) is 0 Å². The smallest absolute Gasteiger partial charge is 0.240 e. The summed E-state index contributed by atoms with van der Waals surface area (Å²) >= 11 is 1.88. The molecule has 0 unspecified atom stereocenters. The summed E-state index contributed by atoms with van der Waals surface area (Å²) in [5, 5.41) is 14.2. The second-order valence-electron chi connectivity index (χ2n) is 21.9. The van der Waals surface area contributed by atoms with Crippen LogP contribution in [0.25, 0.3) is 170 Å². The van der Waals surface area contributed by atoms with Crippen molar-refractivity contribution >= 4 is 141 Å². The van der Waals surface area contributed by atoms with Gasteiger partial charge in [-0.1, -0.05) is 152 Å². The van der Waals surface area contributed by atoms with Gasteiger partial charge >= 0.3 is 0 Å². The molecule has 0 bridgehead atoms. The van der Waals surface area contributed by atoms with Crippen LogP contribution in [0.4, 0.5) is 0 Å². The Labute approximate surface area is 482 Å². The minimum atomic E-state index is 0.527. The molecule has 0 atom stereocenters. The molecule has 0 saturated heterocycles. The molecule has 7 aromatic heterocycles. The van der Waals surface area contributed by atoms with Gasteiger partial charge in [-0.05, 0) is 115 Å². The van der Waals surface area contributed by atoms with Gasteiger partial charge < -0.3 is 13.7 Å². The lowest BCUT2D eigenvalue weighted by atomic mass is 10.1.